The van der Waals surface area contributed by atoms with E-state index in [1.165, 1.54) is 12.1 Å². The van der Waals surface area contributed by atoms with Crippen LogP contribution in [0.4, 0.5) is 10.1 Å². The molecule has 14 heavy (non-hydrogen) atoms. The monoisotopic (exact) mass is 190 g/mol. The highest BCUT2D eigenvalue weighted by molar-refractivity contribution is 5.52. The highest BCUT2D eigenvalue weighted by Gasteiger charge is 2.37. The van der Waals surface area contributed by atoms with Gasteiger partial charge in [-0.2, -0.15) is 5.26 Å². The maximum absolute atomic E-state index is 13.0. The Balaban J connectivity index is 2.25. The standard InChI is InChI=1S/C11H11FN2/c1-11(2-3-11)14-10-5-8(7-13)4-9(12)6-10/h4-6,14H,2-3H2,1H3. The molecule has 72 valence electrons. The molecule has 0 atom stereocenters. The Morgan fingerprint density at radius 1 is 1.43 bits per heavy atom. The summed E-state index contributed by atoms with van der Waals surface area (Å²) < 4.78 is 13.0. The maximum Gasteiger partial charge on any atom is 0.126 e. The number of nitrogens with one attached hydrogen (secondary N) is 1. The third-order valence-electron chi connectivity index (χ3n) is 2.47. The fourth-order valence-electron chi connectivity index (χ4n) is 1.39. The molecular weight excluding hydrogens is 179 g/mol. The molecule has 0 spiro atoms. The van der Waals surface area contributed by atoms with Gasteiger partial charge in [-0.05, 0) is 38.0 Å². The van der Waals surface area contributed by atoms with E-state index in [0.29, 0.717) is 11.3 Å². The molecule has 2 nitrogen and oxygen atoms in total. The molecule has 0 heterocycles. The van der Waals surface area contributed by atoms with Gasteiger partial charge in [0, 0.05) is 11.2 Å². The molecule has 1 saturated carbocycles. The van der Waals surface area contributed by atoms with Gasteiger partial charge in [-0.15, -0.1) is 0 Å². The summed E-state index contributed by atoms with van der Waals surface area (Å²) in [5.74, 6) is -0.365. The van der Waals surface area contributed by atoms with Crippen LogP contribution in [-0.4, -0.2) is 5.54 Å². The van der Waals surface area contributed by atoms with Crippen molar-refractivity contribution in [2.75, 3.05) is 5.32 Å². The number of halogens is 1. The van der Waals surface area contributed by atoms with Crippen LogP contribution in [0.3, 0.4) is 0 Å². The number of benzene rings is 1. The van der Waals surface area contributed by atoms with Gasteiger partial charge in [-0.3, -0.25) is 0 Å². The zero-order chi connectivity index (χ0) is 10.2. The van der Waals surface area contributed by atoms with Crippen molar-refractivity contribution in [3.05, 3.63) is 29.6 Å². The first-order valence-corrected chi connectivity index (χ1v) is 4.60. The van der Waals surface area contributed by atoms with Crippen LogP contribution in [-0.2, 0) is 0 Å². The second-order valence-electron chi connectivity index (χ2n) is 4.03. The minimum atomic E-state index is -0.365. The maximum atomic E-state index is 13.0. The predicted molar refractivity (Wildman–Crippen MR) is 52.4 cm³/mol. The van der Waals surface area contributed by atoms with Gasteiger partial charge in [-0.25, -0.2) is 4.39 Å². The Kier molecular flexibility index (Phi) is 1.92. The molecule has 0 radical (unpaired) electrons. The molecule has 0 bridgehead atoms. The fraction of sp³-hybridized carbons (Fsp3) is 0.364. The summed E-state index contributed by atoms with van der Waals surface area (Å²) in [7, 11) is 0. The van der Waals surface area contributed by atoms with Gasteiger partial charge >= 0.3 is 0 Å². The van der Waals surface area contributed by atoms with Crippen molar-refractivity contribution < 1.29 is 4.39 Å². The summed E-state index contributed by atoms with van der Waals surface area (Å²) in [6, 6.07) is 6.27. The van der Waals surface area contributed by atoms with Gasteiger partial charge in [0.25, 0.3) is 0 Å². The molecule has 1 fully saturated rings. The molecule has 1 aromatic rings. The van der Waals surface area contributed by atoms with Crippen molar-refractivity contribution in [3.8, 4) is 6.07 Å². The second kappa shape index (κ2) is 2.98. The van der Waals surface area contributed by atoms with Crippen LogP contribution in [0.15, 0.2) is 18.2 Å². The lowest BCUT2D eigenvalue weighted by Gasteiger charge is -2.13. The number of nitrogens with zero attached hydrogens (tertiary/aromatic N) is 1. The predicted octanol–water partition coefficient (Wildman–Crippen LogP) is 2.66. The van der Waals surface area contributed by atoms with Gasteiger partial charge in [0.2, 0.25) is 0 Å². The summed E-state index contributed by atoms with van der Waals surface area (Å²) in [5.41, 5.74) is 1.17. The fourth-order valence-corrected chi connectivity index (χ4v) is 1.39. The van der Waals surface area contributed by atoms with Crippen molar-refractivity contribution in [1.82, 2.24) is 0 Å². The van der Waals surface area contributed by atoms with Gasteiger partial charge in [0.15, 0.2) is 0 Å². The van der Waals surface area contributed by atoms with Crippen LogP contribution in [0.5, 0.6) is 0 Å². The SMILES string of the molecule is CC1(Nc2cc(F)cc(C#N)c2)CC1. The van der Waals surface area contributed by atoms with Gasteiger partial charge in [0.05, 0.1) is 11.6 Å². The lowest BCUT2D eigenvalue weighted by molar-refractivity contribution is 0.627. The lowest BCUT2D eigenvalue weighted by atomic mass is 10.2. The number of hydrogen-bond acceptors (Lipinski definition) is 2. The molecular formula is C11H11FN2. The number of nitriles is 1. The van der Waals surface area contributed by atoms with Gasteiger partial charge in [-0.1, -0.05) is 0 Å². The third kappa shape index (κ3) is 1.85. The van der Waals surface area contributed by atoms with E-state index in [1.807, 2.05) is 6.07 Å². The van der Waals surface area contributed by atoms with Gasteiger partial charge < -0.3 is 5.32 Å². The first kappa shape index (κ1) is 9.01. The smallest absolute Gasteiger partial charge is 0.126 e. The number of rotatable bonds is 2. The molecule has 0 aliphatic heterocycles. The molecule has 1 N–H and O–H groups in total. The van der Waals surface area contributed by atoms with E-state index in [-0.39, 0.29) is 11.4 Å². The molecule has 0 amide bonds. The first-order chi connectivity index (χ1) is 6.61. The molecule has 2 rings (SSSR count). The van der Waals surface area contributed by atoms with Crippen LogP contribution >= 0.6 is 0 Å². The molecule has 0 saturated heterocycles. The highest BCUT2D eigenvalue weighted by atomic mass is 19.1. The first-order valence-electron chi connectivity index (χ1n) is 4.60. The highest BCUT2D eigenvalue weighted by Crippen LogP contribution is 2.38. The van der Waals surface area contributed by atoms with E-state index < -0.39 is 0 Å². The summed E-state index contributed by atoms with van der Waals surface area (Å²) >= 11 is 0. The zero-order valence-corrected chi connectivity index (χ0v) is 7.97. The largest absolute Gasteiger partial charge is 0.380 e. The Bertz CT molecular complexity index is 402. The Hall–Kier alpha value is -1.56. The number of hydrogen-bond donors (Lipinski definition) is 1. The van der Waals surface area contributed by atoms with Gasteiger partial charge in [0.1, 0.15) is 5.82 Å². The Labute approximate surface area is 82.4 Å². The van der Waals surface area contributed by atoms with Crippen molar-refractivity contribution >= 4 is 5.69 Å². The van der Waals surface area contributed by atoms with E-state index in [4.69, 9.17) is 5.26 Å². The summed E-state index contributed by atoms with van der Waals surface area (Å²) in [5, 5.41) is 11.9. The van der Waals surface area contributed by atoms with Crippen LogP contribution in [0, 0.1) is 17.1 Å². The molecule has 1 aromatic carbocycles. The molecule has 0 aromatic heterocycles. The van der Waals surface area contributed by atoms with Crippen molar-refractivity contribution in [2.45, 2.75) is 25.3 Å². The van der Waals surface area contributed by atoms with E-state index in [1.54, 1.807) is 6.07 Å². The van der Waals surface area contributed by atoms with E-state index in [2.05, 4.69) is 12.2 Å². The topological polar surface area (TPSA) is 35.8 Å². The van der Waals surface area contributed by atoms with E-state index in [0.717, 1.165) is 12.8 Å². The van der Waals surface area contributed by atoms with Crippen molar-refractivity contribution in [3.63, 3.8) is 0 Å². The second-order valence-corrected chi connectivity index (χ2v) is 4.03. The van der Waals surface area contributed by atoms with E-state index in [9.17, 15) is 4.39 Å². The van der Waals surface area contributed by atoms with E-state index >= 15 is 0 Å². The lowest BCUT2D eigenvalue weighted by Crippen LogP contribution is -2.15. The normalized spacial score (nSPS) is 17.2. The van der Waals surface area contributed by atoms with Crippen LogP contribution < -0.4 is 5.32 Å². The number of anilines is 1. The van der Waals surface area contributed by atoms with Crippen molar-refractivity contribution in [2.24, 2.45) is 0 Å². The van der Waals surface area contributed by atoms with Crippen molar-refractivity contribution in [1.29, 1.82) is 5.26 Å². The summed E-state index contributed by atoms with van der Waals surface area (Å²) in [6.07, 6.45) is 2.21. The molecule has 1 aliphatic carbocycles. The van der Waals surface area contributed by atoms with Crippen LogP contribution in [0.25, 0.3) is 0 Å². The quantitative estimate of drug-likeness (QED) is 0.778. The van der Waals surface area contributed by atoms with Crippen LogP contribution in [0.1, 0.15) is 25.3 Å². The summed E-state index contributed by atoms with van der Waals surface area (Å²) in [6.45, 7) is 2.09. The minimum Gasteiger partial charge on any atom is -0.380 e. The average molecular weight is 190 g/mol. The molecule has 1 aliphatic rings. The Morgan fingerprint density at radius 2 is 2.14 bits per heavy atom. The average Bonchev–Trinajstić information content (AvgIpc) is 2.82. The minimum absolute atomic E-state index is 0.112. The third-order valence-corrected chi connectivity index (χ3v) is 2.47. The molecule has 3 heteroatoms. The zero-order valence-electron chi connectivity index (χ0n) is 7.97. The Morgan fingerprint density at radius 3 is 2.71 bits per heavy atom. The summed E-state index contributed by atoms with van der Waals surface area (Å²) in [4.78, 5) is 0. The molecule has 0 unspecified atom stereocenters. The van der Waals surface area contributed by atoms with Crippen LogP contribution in [0.2, 0.25) is 0 Å².